The second kappa shape index (κ2) is 9.34. The molecule has 0 unspecified atom stereocenters. The Bertz CT molecular complexity index is 1150. The van der Waals surface area contributed by atoms with Gasteiger partial charge in [-0.3, -0.25) is 14.5 Å². The summed E-state index contributed by atoms with van der Waals surface area (Å²) in [6.45, 7) is 3.45. The summed E-state index contributed by atoms with van der Waals surface area (Å²) in [5.74, 6) is 0.574. The molecule has 0 radical (unpaired) electrons. The van der Waals surface area contributed by atoms with Crippen LogP contribution in [0, 0.1) is 12.7 Å². The Balaban J connectivity index is 1.44. The van der Waals surface area contributed by atoms with Gasteiger partial charge in [-0.2, -0.15) is 5.10 Å². The molecule has 0 bridgehead atoms. The van der Waals surface area contributed by atoms with Gasteiger partial charge in [0.2, 0.25) is 5.91 Å². The third-order valence-corrected chi connectivity index (χ3v) is 5.03. The average Bonchev–Trinajstić information content (AvgIpc) is 3.39. The standard InChI is InChI=1S/C23H23FN6O/c1-17-26-10-13-29(17)12-8-23(31)27-11-14-30-22(19-3-2-9-25-16-19)15-21(28-30)18-4-6-20(24)7-5-18/h2-7,9-10,13,15-16H,8,11-12,14H2,1H3,(H,27,31). The number of rotatable bonds is 8. The average molecular weight is 418 g/mol. The van der Waals surface area contributed by atoms with Crippen molar-refractivity contribution in [1.29, 1.82) is 0 Å². The number of carbonyl (C=O) groups excluding carboxylic acids is 1. The Morgan fingerprint density at radius 3 is 2.65 bits per heavy atom. The van der Waals surface area contributed by atoms with Crippen LogP contribution in [0.25, 0.3) is 22.5 Å². The number of nitrogens with one attached hydrogen (secondary N) is 1. The third-order valence-electron chi connectivity index (χ3n) is 5.03. The lowest BCUT2D eigenvalue weighted by atomic mass is 10.1. The monoisotopic (exact) mass is 418 g/mol. The molecule has 1 N–H and O–H groups in total. The van der Waals surface area contributed by atoms with E-state index in [4.69, 9.17) is 0 Å². The molecule has 0 aliphatic heterocycles. The van der Waals surface area contributed by atoms with E-state index in [0.29, 0.717) is 26.1 Å². The summed E-state index contributed by atoms with van der Waals surface area (Å²) in [6, 6.07) is 12.0. The predicted molar refractivity (Wildman–Crippen MR) is 115 cm³/mol. The van der Waals surface area contributed by atoms with Gasteiger partial charge in [0.1, 0.15) is 11.6 Å². The molecule has 0 saturated heterocycles. The number of hydrogen-bond donors (Lipinski definition) is 1. The SMILES string of the molecule is Cc1nccn1CCC(=O)NCCn1nc(-c2ccc(F)cc2)cc1-c1cccnc1. The van der Waals surface area contributed by atoms with Crippen molar-refractivity contribution in [2.45, 2.75) is 26.4 Å². The number of imidazole rings is 1. The first-order valence-corrected chi connectivity index (χ1v) is 10.1. The molecule has 0 atom stereocenters. The number of aromatic nitrogens is 5. The Morgan fingerprint density at radius 2 is 1.94 bits per heavy atom. The summed E-state index contributed by atoms with van der Waals surface area (Å²) in [6.07, 6.45) is 7.46. The second-order valence-corrected chi connectivity index (χ2v) is 7.15. The molecule has 1 amide bonds. The molecule has 4 rings (SSSR count). The van der Waals surface area contributed by atoms with Crippen molar-refractivity contribution < 1.29 is 9.18 Å². The van der Waals surface area contributed by atoms with Crippen molar-refractivity contribution in [1.82, 2.24) is 29.6 Å². The highest BCUT2D eigenvalue weighted by molar-refractivity contribution is 5.75. The number of carbonyl (C=O) groups is 1. The summed E-state index contributed by atoms with van der Waals surface area (Å²) in [5.41, 5.74) is 3.37. The van der Waals surface area contributed by atoms with E-state index in [2.05, 4.69) is 20.4 Å². The summed E-state index contributed by atoms with van der Waals surface area (Å²) in [5, 5.41) is 7.63. The topological polar surface area (TPSA) is 77.6 Å². The lowest BCUT2D eigenvalue weighted by Crippen LogP contribution is -2.28. The largest absolute Gasteiger partial charge is 0.354 e. The van der Waals surface area contributed by atoms with Crippen LogP contribution in [-0.2, 0) is 17.9 Å². The number of nitrogens with zero attached hydrogens (tertiary/aromatic N) is 5. The fourth-order valence-corrected chi connectivity index (χ4v) is 3.35. The van der Waals surface area contributed by atoms with E-state index < -0.39 is 0 Å². The minimum absolute atomic E-state index is 0.0260. The maximum absolute atomic E-state index is 13.3. The third kappa shape index (κ3) is 5.03. The van der Waals surface area contributed by atoms with Gasteiger partial charge < -0.3 is 9.88 Å². The number of pyridine rings is 1. The van der Waals surface area contributed by atoms with E-state index in [-0.39, 0.29) is 11.7 Å². The molecule has 0 spiro atoms. The van der Waals surface area contributed by atoms with E-state index in [1.165, 1.54) is 12.1 Å². The first kappa shape index (κ1) is 20.5. The van der Waals surface area contributed by atoms with Gasteiger partial charge in [-0.15, -0.1) is 0 Å². The fourth-order valence-electron chi connectivity index (χ4n) is 3.35. The highest BCUT2D eigenvalue weighted by atomic mass is 19.1. The van der Waals surface area contributed by atoms with Crippen molar-refractivity contribution in [3.05, 3.63) is 78.9 Å². The van der Waals surface area contributed by atoms with Crippen LogP contribution in [0.4, 0.5) is 4.39 Å². The first-order chi connectivity index (χ1) is 15.1. The van der Waals surface area contributed by atoms with Gasteiger partial charge in [0.15, 0.2) is 0 Å². The molecule has 0 aliphatic carbocycles. The molecule has 158 valence electrons. The fraction of sp³-hybridized carbons (Fsp3) is 0.217. The minimum Gasteiger partial charge on any atom is -0.354 e. The maximum atomic E-state index is 13.3. The zero-order valence-electron chi connectivity index (χ0n) is 17.2. The first-order valence-electron chi connectivity index (χ1n) is 10.1. The van der Waals surface area contributed by atoms with Gasteiger partial charge >= 0.3 is 0 Å². The normalized spacial score (nSPS) is 10.9. The molecule has 0 aliphatic rings. The molecule has 7 nitrogen and oxygen atoms in total. The van der Waals surface area contributed by atoms with E-state index in [9.17, 15) is 9.18 Å². The lowest BCUT2D eigenvalue weighted by molar-refractivity contribution is -0.121. The zero-order chi connectivity index (χ0) is 21.6. The second-order valence-electron chi connectivity index (χ2n) is 7.15. The Kier molecular flexibility index (Phi) is 6.16. The van der Waals surface area contributed by atoms with Gasteiger partial charge in [0.05, 0.1) is 17.9 Å². The Morgan fingerprint density at radius 1 is 1.10 bits per heavy atom. The van der Waals surface area contributed by atoms with Gasteiger partial charge in [-0.05, 0) is 49.4 Å². The van der Waals surface area contributed by atoms with Crippen molar-refractivity contribution in [3.8, 4) is 22.5 Å². The van der Waals surface area contributed by atoms with Crippen molar-refractivity contribution in [3.63, 3.8) is 0 Å². The Hall–Kier alpha value is -3.81. The quantitative estimate of drug-likeness (QED) is 0.475. The molecular weight excluding hydrogens is 395 g/mol. The molecular formula is C23H23FN6O. The van der Waals surface area contributed by atoms with Crippen LogP contribution in [0.15, 0.2) is 67.3 Å². The van der Waals surface area contributed by atoms with Crippen LogP contribution in [0.1, 0.15) is 12.2 Å². The van der Waals surface area contributed by atoms with Crippen molar-refractivity contribution in [2.24, 2.45) is 0 Å². The number of benzene rings is 1. The zero-order valence-corrected chi connectivity index (χ0v) is 17.2. The maximum Gasteiger partial charge on any atom is 0.221 e. The molecule has 8 heteroatoms. The molecule has 0 fully saturated rings. The number of aryl methyl sites for hydroxylation is 2. The molecule has 3 heterocycles. The highest BCUT2D eigenvalue weighted by Gasteiger charge is 2.12. The highest BCUT2D eigenvalue weighted by Crippen LogP contribution is 2.26. The van der Waals surface area contributed by atoms with E-state index in [1.807, 2.05) is 40.6 Å². The van der Waals surface area contributed by atoms with Crippen LogP contribution in [0.2, 0.25) is 0 Å². The van der Waals surface area contributed by atoms with Crippen LogP contribution in [0.5, 0.6) is 0 Å². The summed E-state index contributed by atoms with van der Waals surface area (Å²) in [4.78, 5) is 20.6. The van der Waals surface area contributed by atoms with Crippen molar-refractivity contribution in [2.75, 3.05) is 6.54 Å². The van der Waals surface area contributed by atoms with Crippen LogP contribution in [-0.4, -0.2) is 36.8 Å². The number of amides is 1. The van der Waals surface area contributed by atoms with Crippen LogP contribution < -0.4 is 5.32 Å². The predicted octanol–water partition coefficient (Wildman–Crippen LogP) is 3.46. The van der Waals surface area contributed by atoms with Crippen molar-refractivity contribution >= 4 is 5.91 Å². The van der Waals surface area contributed by atoms with Gasteiger partial charge in [0.25, 0.3) is 0 Å². The number of halogens is 1. The summed E-state index contributed by atoms with van der Waals surface area (Å²) < 4.78 is 17.1. The van der Waals surface area contributed by atoms with Crippen LogP contribution >= 0.6 is 0 Å². The smallest absolute Gasteiger partial charge is 0.221 e. The summed E-state index contributed by atoms with van der Waals surface area (Å²) >= 11 is 0. The number of hydrogen-bond acceptors (Lipinski definition) is 4. The molecule has 1 aromatic carbocycles. The Labute approximate surface area is 179 Å². The molecule has 0 saturated carbocycles. The molecule has 3 aromatic heterocycles. The van der Waals surface area contributed by atoms with Crippen LogP contribution in [0.3, 0.4) is 0 Å². The summed E-state index contributed by atoms with van der Waals surface area (Å²) in [7, 11) is 0. The van der Waals surface area contributed by atoms with Gasteiger partial charge in [-0.1, -0.05) is 0 Å². The van der Waals surface area contributed by atoms with Gasteiger partial charge in [0, 0.05) is 55.4 Å². The van der Waals surface area contributed by atoms with E-state index in [1.54, 1.807) is 30.7 Å². The lowest BCUT2D eigenvalue weighted by Gasteiger charge is -2.09. The van der Waals surface area contributed by atoms with E-state index >= 15 is 0 Å². The molecule has 4 aromatic rings. The van der Waals surface area contributed by atoms with E-state index in [0.717, 1.165) is 28.3 Å². The molecule has 31 heavy (non-hydrogen) atoms. The van der Waals surface area contributed by atoms with Gasteiger partial charge in [-0.25, -0.2) is 9.37 Å². The minimum atomic E-state index is -0.288.